The lowest BCUT2D eigenvalue weighted by Gasteiger charge is -2.23. The summed E-state index contributed by atoms with van der Waals surface area (Å²) in [6.45, 7) is 0. The van der Waals surface area contributed by atoms with Crippen LogP contribution >= 0.6 is 11.3 Å². The highest BCUT2D eigenvalue weighted by molar-refractivity contribution is 7.16. The number of benzene rings is 3. The lowest BCUT2D eigenvalue weighted by atomic mass is 9.93. The summed E-state index contributed by atoms with van der Waals surface area (Å²) in [6.07, 6.45) is 12.3. The second kappa shape index (κ2) is 9.34. The van der Waals surface area contributed by atoms with Crippen LogP contribution in [0.15, 0.2) is 59.6 Å². The lowest BCUT2D eigenvalue weighted by molar-refractivity contribution is 0.0927. The van der Waals surface area contributed by atoms with E-state index in [1.54, 1.807) is 11.3 Å². The van der Waals surface area contributed by atoms with Gasteiger partial charge in [0, 0.05) is 22.7 Å². The minimum atomic E-state index is 0.0845. The van der Waals surface area contributed by atoms with Crippen LogP contribution in [-0.2, 0) is 12.8 Å². The SMILES string of the molecule is O=C(NC1CCCCC1)c1c(N=Cc2c3ccccc3cc3ccccc23)sc2c1CCCC2. The first-order chi connectivity index (χ1) is 16.8. The fourth-order valence-corrected chi connectivity index (χ4v) is 6.92. The molecule has 172 valence electrons. The van der Waals surface area contributed by atoms with Gasteiger partial charge in [0.25, 0.3) is 5.91 Å². The maximum Gasteiger partial charge on any atom is 0.254 e. The van der Waals surface area contributed by atoms with E-state index in [9.17, 15) is 4.79 Å². The molecule has 0 radical (unpaired) electrons. The summed E-state index contributed by atoms with van der Waals surface area (Å²) in [6, 6.07) is 19.5. The van der Waals surface area contributed by atoms with E-state index in [0.29, 0.717) is 6.04 Å². The van der Waals surface area contributed by atoms with Crippen molar-refractivity contribution in [1.82, 2.24) is 5.32 Å². The molecule has 0 atom stereocenters. The van der Waals surface area contributed by atoms with Gasteiger partial charge in [-0.3, -0.25) is 4.79 Å². The molecule has 2 aliphatic carbocycles. The molecule has 0 spiro atoms. The van der Waals surface area contributed by atoms with Crippen molar-refractivity contribution in [3.8, 4) is 0 Å². The van der Waals surface area contributed by atoms with Crippen LogP contribution in [0, 0.1) is 0 Å². The Morgan fingerprint density at radius 1 is 0.882 bits per heavy atom. The first-order valence-corrected chi connectivity index (χ1v) is 13.5. The predicted molar refractivity (Wildman–Crippen MR) is 144 cm³/mol. The standard InChI is InChI=1S/C30H30N2OS/c33-29(32-22-12-2-1-3-13-22)28-25-16-8-9-17-27(25)34-30(28)31-19-26-23-14-6-4-10-20(23)18-21-11-5-7-15-24(21)26/h4-7,10-11,14-15,18-19,22H,1-3,8-9,12-13,16-17H2,(H,32,33). The van der Waals surface area contributed by atoms with Crippen molar-refractivity contribution in [3.05, 3.63) is 76.2 Å². The summed E-state index contributed by atoms with van der Waals surface area (Å²) in [7, 11) is 0. The molecule has 6 rings (SSSR count). The van der Waals surface area contributed by atoms with Crippen molar-refractivity contribution < 1.29 is 4.79 Å². The molecule has 1 N–H and O–H groups in total. The molecule has 0 bridgehead atoms. The maximum absolute atomic E-state index is 13.5. The Kier molecular flexibility index (Phi) is 5.92. The number of thiophene rings is 1. The number of aliphatic imine (C=N–C) groups is 1. The average Bonchev–Trinajstić information content (AvgIpc) is 3.25. The Hall–Kier alpha value is -2.98. The monoisotopic (exact) mass is 466 g/mol. The third kappa shape index (κ3) is 4.05. The summed E-state index contributed by atoms with van der Waals surface area (Å²) in [5.74, 6) is 0.0845. The summed E-state index contributed by atoms with van der Waals surface area (Å²) in [5, 5.41) is 9.05. The van der Waals surface area contributed by atoms with E-state index in [-0.39, 0.29) is 5.91 Å². The number of rotatable bonds is 4. The van der Waals surface area contributed by atoms with Crippen LogP contribution in [0.3, 0.4) is 0 Å². The molecule has 0 unspecified atom stereocenters. The van der Waals surface area contributed by atoms with E-state index in [1.807, 2.05) is 6.21 Å². The number of hydrogen-bond donors (Lipinski definition) is 1. The van der Waals surface area contributed by atoms with Crippen molar-refractivity contribution in [3.63, 3.8) is 0 Å². The van der Waals surface area contributed by atoms with Gasteiger partial charge in [-0.2, -0.15) is 0 Å². The third-order valence-electron chi connectivity index (χ3n) is 7.44. The van der Waals surface area contributed by atoms with Crippen molar-refractivity contribution in [2.45, 2.75) is 63.8 Å². The molecular weight excluding hydrogens is 436 g/mol. The Balaban J connectivity index is 1.43. The molecule has 2 aliphatic rings. The summed E-state index contributed by atoms with van der Waals surface area (Å²) in [5.41, 5.74) is 3.21. The molecule has 1 fully saturated rings. The van der Waals surface area contributed by atoms with E-state index >= 15 is 0 Å². The molecular formula is C30H30N2OS. The molecule has 3 aromatic carbocycles. The molecule has 3 nitrogen and oxygen atoms in total. The fourth-order valence-electron chi connectivity index (χ4n) is 5.69. The van der Waals surface area contributed by atoms with Gasteiger partial charge in [0.15, 0.2) is 0 Å². The van der Waals surface area contributed by atoms with E-state index in [4.69, 9.17) is 4.99 Å². The number of fused-ring (bicyclic) bond motifs is 3. The number of carbonyl (C=O) groups is 1. The molecule has 4 aromatic rings. The smallest absolute Gasteiger partial charge is 0.254 e. The van der Waals surface area contributed by atoms with Crippen molar-refractivity contribution in [2.75, 3.05) is 0 Å². The molecule has 1 heterocycles. The molecule has 0 aliphatic heterocycles. The summed E-state index contributed by atoms with van der Waals surface area (Å²) < 4.78 is 0. The second-order valence-corrected chi connectivity index (χ2v) is 10.8. The number of hydrogen-bond acceptors (Lipinski definition) is 3. The number of aryl methyl sites for hydroxylation is 1. The number of carbonyl (C=O) groups excluding carboxylic acids is 1. The second-order valence-electron chi connectivity index (χ2n) is 9.69. The van der Waals surface area contributed by atoms with Gasteiger partial charge in [-0.25, -0.2) is 4.99 Å². The predicted octanol–water partition coefficient (Wildman–Crippen LogP) is 7.75. The molecule has 0 saturated heterocycles. The first-order valence-electron chi connectivity index (χ1n) is 12.7. The van der Waals surface area contributed by atoms with E-state index in [2.05, 4.69) is 59.9 Å². The van der Waals surface area contributed by atoms with Gasteiger partial charge in [-0.15, -0.1) is 11.3 Å². The normalized spacial score (nSPS) is 16.8. The van der Waals surface area contributed by atoms with Gasteiger partial charge in [-0.05, 0) is 71.7 Å². The van der Waals surface area contributed by atoms with Crippen LogP contribution in [0.5, 0.6) is 0 Å². The highest BCUT2D eigenvalue weighted by atomic mass is 32.1. The first kappa shape index (κ1) is 21.5. The minimum absolute atomic E-state index is 0.0845. The molecule has 1 saturated carbocycles. The summed E-state index contributed by atoms with van der Waals surface area (Å²) in [4.78, 5) is 19.9. The average molecular weight is 467 g/mol. The van der Waals surface area contributed by atoms with Crippen LogP contribution in [-0.4, -0.2) is 18.2 Å². The van der Waals surface area contributed by atoms with Gasteiger partial charge in [0.2, 0.25) is 0 Å². The zero-order valence-electron chi connectivity index (χ0n) is 19.5. The minimum Gasteiger partial charge on any atom is -0.349 e. The van der Waals surface area contributed by atoms with Gasteiger partial charge in [0.1, 0.15) is 5.00 Å². The zero-order chi connectivity index (χ0) is 22.9. The topological polar surface area (TPSA) is 41.5 Å². The third-order valence-corrected chi connectivity index (χ3v) is 8.64. The Morgan fingerprint density at radius 2 is 1.56 bits per heavy atom. The van der Waals surface area contributed by atoms with Crippen molar-refractivity contribution in [2.24, 2.45) is 4.99 Å². The van der Waals surface area contributed by atoms with Crippen LogP contribution in [0.1, 0.15) is 71.3 Å². The Morgan fingerprint density at radius 3 is 2.29 bits per heavy atom. The molecule has 4 heteroatoms. The molecule has 1 amide bonds. The Labute approximate surface area is 204 Å². The number of nitrogens with zero attached hydrogens (tertiary/aromatic N) is 1. The van der Waals surface area contributed by atoms with Crippen LogP contribution < -0.4 is 5.32 Å². The van der Waals surface area contributed by atoms with E-state index in [0.717, 1.165) is 48.2 Å². The quantitative estimate of drug-likeness (QED) is 0.242. The highest BCUT2D eigenvalue weighted by Gasteiger charge is 2.27. The van der Waals surface area contributed by atoms with E-state index in [1.165, 1.54) is 57.7 Å². The zero-order valence-corrected chi connectivity index (χ0v) is 20.3. The lowest BCUT2D eigenvalue weighted by Crippen LogP contribution is -2.36. The van der Waals surface area contributed by atoms with Gasteiger partial charge < -0.3 is 5.32 Å². The van der Waals surface area contributed by atoms with Gasteiger partial charge >= 0.3 is 0 Å². The largest absolute Gasteiger partial charge is 0.349 e. The van der Waals surface area contributed by atoms with Crippen LogP contribution in [0.25, 0.3) is 21.5 Å². The van der Waals surface area contributed by atoms with Crippen molar-refractivity contribution >= 4 is 50.0 Å². The Bertz CT molecular complexity index is 1340. The van der Waals surface area contributed by atoms with Crippen molar-refractivity contribution in [1.29, 1.82) is 0 Å². The molecule has 34 heavy (non-hydrogen) atoms. The van der Waals surface area contributed by atoms with E-state index < -0.39 is 0 Å². The number of amides is 1. The summed E-state index contributed by atoms with van der Waals surface area (Å²) >= 11 is 1.72. The van der Waals surface area contributed by atoms with Gasteiger partial charge in [0.05, 0.1) is 5.56 Å². The molecule has 1 aromatic heterocycles. The van der Waals surface area contributed by atoms with Crippen LogP contribution in [0.4, 0.5) is 5.00 Å². The number of nitrogens with one attached hydrogen (secondary N) is 1. The van der Waals surface area contributed by atoms with Crippen LogP contribution in [0.2, 0.25) is 0 Å². The fraction of sp³-hybridized carbons (Fsp3) is 0.333. The highest BCUT2D eigenvalue weighted by Crippen LogP contribution is 2.40. The maximum atomic E-state index is 13.5. The van der Waals surface area contributed by atoms with Gasteiger partial charge in [-0.1, -0.05) is 67.8 Å².